The number of carbonyl (C=O) groups excluding carboxylic acids is 1. The SMILES string of the molecule is CC(C)(C(=O)c1occc1Br)N1CCCCC1. The van der Waals surface area contributed by atoms with Gasteiger partial charge >= 0.3 is 0 Å². The van der Waals surface area contributed by atoms with Gasteiger partial charge in [-0.2, -0.15) is 0 Å². The highest BCUT2D eigenvalue weighted by molar-refractivity contribution is 9.10. The van der Waals surface area contributed by atoms with Crippen LogP contribution in [0.3, 0.4) is 0 Å². The molecule has 0 aromatic carbocycles. The first-order valence-corrected chi connectivity index (χ1v) is 6.85. The molecule has 0 unspecified atom stereocenters. The zero-order valence-electron chi connectivity index (χ0n) is 10.3. The molecule has 3 nitrogen and oxygen atoms in total. The van der Waals surface area contributed by atoms with E-state index < -0.39 is 5.54 Å². The van der Waals surface area contributed by atoms with Gasteiger partial charge in [0.2, 0.25) is 5.78 Å². The number of halogens is 1. The molecule has 0 N–H and O–H groups in total. The first-order valence-electron chi connectivity index (χ1n) is 6.06. The van der Waals surface area contributed by atoms with Crippen LogP contribution in [0.25, 0.3) is 0 Å². The molecule has 1 aromatic heterocycles. The summed E-state index contributed by atoms with van der Waals surface area (Å²) >= 11 is 3.35. The molecule has 0 bridgehead atoms. The lowest BCUT2D eigenvalue weighted by Crippen LogP contribution is -2.52. The first kappa shape index (κ1) is 12.8. The Hall–Kier alpha value is -0.610. The number of Topliss-reactive ketones (excluding diaryl/α,β-unsaturated/α-hetero) is 1. The van der Waals surface area contributed by atoms with E-state index in [1.54, 1.807) is 12.3 Å². The number of hydrogen-bond donors (Lipinski definition) is 0. The van der Waals surface area contributed by atoms with Crippen LogP contribution in [-0.4, -0.2) is 29.3 Å². The smallest absolute Gasteiger partial charge is 0.218 e. The second kappa shape index (κ2) is 4.94. The minimum absolute atomic E-state index is 0.0521. The van der Waals surface area contributed by atoms with Gasteiger partial charge in [0.1, 0.15) is 0 Å². The molecule has 1 aliphatic heterocycles. The summed E-state index contributed by atoms with van der Waals surface area (Å²) in [6, 6.07) is 1.76. The molecule has 1 fully saturated rings. The van der Waals surface area contributed by atoms with Crippen molar-refractivity contribution in [3.05, 3.63) is 22.6 Å². The second-order valence-electron chi connectivity index (χ2n) is 5.03. The molecule has 1 aliphatic rings. The van der Waals surface area contributed by atoms with Gasteiger partial charge in [-0.15, -0.1) is 0 Å². The summed E-state index contributed by atoms with van der Waals surface area (Å²) in [4.78, 5) is 14.7. The molecular weight excluding hydrogens is 282 g/mol. The van der Waals surface area contributed by atoms with Gasteiger partial charge in [-0.3, -0.25) is 9.69 Å². The van der Waals surface area contributed by atoms with Crippen molar-refractivity contribution in [2.45, 2.75) is 38.6 Å². The van der Waals surface area contributed by atoms with Gasteiger partial charge in [0.15, 0.2) is 5.76 Å². The van der Waals surface area contributed by atoms with Crippen LogP contribution in [0.2, 0.25) is 0 Å². The predicted octanol–water partition coefficient (Wildman–Crippen LogP) is 3.49. The van der Waals surface area contributed by atoms with Crippen molar-refractivity contribution in [2.75, 3.05) is 13.1 Å². The molecule has 1 saturated heterocycles. The molecule has 94 valence electrons. The molecule has 2 rings (SSSR count). The van der Waals surface area contributed by atoms with E-state index in [2.05, 4.69) is 20.8 Å². The fourth-order valence-electron chi connectivity index (χ4n) is 2.33. The summed E-state index contributed by atoms with van der Waals surface area (Å²) in [5.74, 6) is 0.483. The van der Waals surface area contributed by atoms with Crippen LogP contribution in [0.1, 0.15) is 43.7 Å². The molecular formula is C13H18BrNO2. The molecule has 0 atom stereocenters. The van der Waals surface area contributed by atoms with E-state index >= 15 is 0 Å². The van der Waals surface area contributed by atoms with Crippen molar-refractivity contribution in [2.24, 2.45) is 0 Å². The first-order chi connectivity index (χ1) is 8.03. The highest BCUT2D eigenvalue weighted by Gasteiger charge is 2.38. The summed E-state index contributed by atoms with van der Waals surface area (Å²) in [5, 5.41) is 0. The normalized spacial score (nSPS) is 18.3. The molecule has 17 heavy (non-hydrogen) atoms. The van der Waals surface area contributed by atoms with E-state index in [0.717, 1.165) is 17.6 Å². The van der Waals surface area contributed by atoms with Crippen LogP contribution >= 0.6 is 15.9 Å². The van der Waals surface area contributed by atoms with Gasteiger partial charge in [0.25, 0.3) is 0 Å². The molecule has 4 heteroatoms. The third-order valence-corrected chi connectivity index (χ3v) is 4.15. The fraction of sp³-hybridized carbons (Fsp3) is 0.615. The average Bonchev–Trinajstić information content (AvgIpc) is 2.75. The number of likely N-dealkylation sites (tertiary alicyclic amines) is 1. The van der Waals surface area contributed by atoms with Crippen LogP contribution in [0.4, 0.5) is 0 Å². The quantitative estimate of drug-likeness (QED) is 0.801. The van der Waals surface area contributed by atoms with Crippen molar-refractivity contribution in [3.63, 3.8) is 0 Å². The van der Waals surface area contributed by atoms with Crippen LogP contribution in [-0.2, 0) is 0 Å². The topological polar surface area (TPSA) is 33.5 Å². The molecule has 0 spiro atoms. The van der Waals surface area contributed by atoms with E-state index in [9.17, 15) is 4.79 Å². The van der Waals surface area contributed by atoms with E-state index in [1.165, 1.54) is 19.3 Å². The Bertz CT molecular complexity index is 405. The fourth-order valence-corrected chi connectivity index (χ4v) is 2.71. The number of rotatable bonds is 3. The molecule has 0 radical (unpaired) electrons. The van der Waals surface area contributed by atoms with Crippen molar-refractivity contribution >= 4 is 21.7 Å². The van der Waals surface area contributed by atoms with Crippen molar-refractivity contribution in [3.8, 4) is 0 Å². The number of piperidine rings is 1. The monoisotopic (exact) mass is 299 g/mol. The van der Waals surface area contributed by atoms with Gasteiger partial charge in [0.05, 0.1) is 16.3 Å². The Morgan fingerprint density at radius 1 is 1.35 bits per heavy atom. The Balaban J connectivity index is 2.19. The second-order valence-corrected chi connectivity index (χ2v) is 5.89. The molecule has 1 aromatic rings. The minimum Gasteiger partial charge on any atom is -0.460 e. The largest absolute Gasteiger partial charge is 0.460 e. The minimum atomic E-state index is -0.485. The summed E-state index contributed by atoms with van der Waals surface area (Å²) in [7, 11) is 0. The van der Waals surface area contributed by atoms with E-state index in [0.29, 0.717) is 5.76 Å². The molecule has 0 saturated carbocycles. The van der Waals surface area contributed by atoms with Gasteiger partial charge in [0, 0.05) is 0 Å². The van der Waals surface area contributed by atoms with Crippen LogP contribution < -0.4 is 0 Å². The Morgan fingerprint density at radius 3 is 2.53 bits per heavy atom. The zero-order valence-corrected chi connectivity index (χ0v) is 11.9. The molecule has 0 amide bonds. The van der Waals surface area contributed by atoms with Gasteiger partial charge in [-0.25, -0.2) is 0 Å². The van der Waals surface area contributed by atoms with E-state index in [4.69, 9.17) is 4.42 Å². The highest BCUT2D eigenvalue weighted by atomic mass is 79.9. The number of hydrogen-bond acceptors (Lipinski definition) is 3. The van der Waals surface area contributed by atoms with E-state index in [-0.39, 0.29) is 5.78 Å². The maximum absolute atomic E-state index is 12.5. The third kappa shape index (κ3) is 2.47. The number of ketones is 1. The third-order valence-electron chi connectivity index (χ3n) is 3.53. The van der Waals surface area contributed by atoms with Gasteiger partial charge in [-0.05, 0) is 61.8 Å². The zero-order chi connectivity index (χ0) is 12.5. The summed E-state index contributed by atoms with van der Waals surface area (Å²) in [6.07, 6.45) is 5.17. The Labute approximate surface area is 110 Å². The maximum atomic E-state index is 12.5. The lowest BCUT2D eigenvalue weighted by molar-refractivity contribution is 0.0550. The number of carbonyl (C=O) groups is 1. The van der Waals surface area contributed by atoms with Crippen LogP contribution in [0.5, 0.6) is 0 Å². The highest BCUT2D eigenvalue weighted by Crippen LogP contribution is 2.28. The lowest BCUT2D eigenvalue weighted by atomic mass is 9.92. The molecule has 2 heterocycles. The van der Waals surface area contributed by atoms with Crippen LogP contribution in [0, 0.1) is 0 Å². The van der Waals surface area contributed by atoms with Crippen LogP contribution in [0.15, 0.2) is 21.2 Å². The standard InChI is InChI=1S/C13H18BrNO2/c1-13(2,15-7-4-3-5-8-15)12(16)11-10(14)6-9-17-11/h6,9H,3-5,7-8H2,1-2H3. The number of furan rings is 1. The summed E-state index contributed by atoms with van der Waals surface area (Å²) < 4.78 is 6.02. The van der Waals surface area contributed by atoms with E-state index in [1.807, 2.05) is 13.8 Å². The van der Waals surface area contributed by atoms with Crippen molar-refractivity contribution < 1.29 is 9.21 Å². The molecule has 0 aliphatic carbocycles. The lowest BCUT2D eigenvalue weighted by Gasteiger charge is -2.39. The summed E-state index contributed by atoms with van der Waals surface area (Å²) in [6.45, 7) is 5.96. The van der Waals surface area contributed by atoms with Crippen molar-refractivity contribution in [1.29, 1.82) is 0 Å². The predicted molar refractivity (Wildman–Crippen MR) is 70.2 cm³/mol. The maximum Gasteiger partial charge on any atom is 0.218 e. The van der Waals surface area contributed by atoms with Gasteiger partial charge < -0.3 is 4.42 Å². The average molecular weight is 300 g/mol. The van der Waals surface area contributed by atoms with Gasteiger partial charge in [-0.1, -0.05) is 6.42 Å². The Kier molecular flexibility index (Phi) is 3.73. The number of nitrogens with zero attached hydrogens (tertiary/aromatic N) is 1. The Morgan fingerprint density at radius 2 is 2.00 bits per heavy atom. The summed E-state index contributed by atoms with van der Waals surface area (Å²) in [5.41, 5.74) is -0.485. The van der Waals surface area contributed by atoms with Crippen molar-refractivity contribution in [1.82, 2.24) is 4.90 Å².